The number of hydrogen-bond acceptors (Lipinski definition) is 4. The van der Waals surface area contributed by atoms with Crippen molar-refractivity contribution in [2.24, 2.45) is 0 Å². The molecule has 1 heterocycles. The minimum Gasteiger partial charge on any atom is -0.449 e. The molecule has 0 aliphatic rings. The van der Waals surface area contributed by atoms with Gasteiger partial charge in [0.25, 0.3) is 5.95 Å². The fraction of sp³-hybridized carbons (Fsp3) is 0.375. The van der Waals surface area contributed by atoms with Crippen LogP contribution in [0.5, 0.6) is 5.95 Å². The molecule has 1 N–H and O–H groups in total. The number of furan rings is 1. The molecule has 29 heavy (non-hydrogen) atoms. The zero-order valence-electron chi connectivity index (χ0n) is 17.1. The van der Waals surface area contributed by atoms with Crippen molar-refractivity contribution in [2.75, 3.05) is 5.75 Å². The van der Waals surface area contributed by atoms with Gasteiger partial charge in [0.2, 0.25) is 0 Å². The monoisotopic (exact) mass is 412 g/mol. The number of benzene rings is 2. The van der Waals surface area contributed by atoms with Gasteiger partial charge in [-0.1, -0.05) is 50.1 Å². The van der Waals surface area contributed by atoms with Gasteiger partial charge in [0.05, 0.1) is 0 Å². The van der Waals surface area contributed by atoms with Crippen LogP contribution >= 0.6 is 11.8 Å². The van der Waals surface area contributed by atoms with E-state index < -0.39 is 6.16 Å². The largest absolute Gasteiger partial charge is 0.513 e. The van der Waals surface area contributed by atoms with Crippen LogP contribution in [0.25, 0.3) is 11.0 Å². The fourth-order valence-corrected chi connectivity index (χ4v) is 4.64. The summed E-state index contributed by atoms with van der Waals surface area (Å²) in [4.78, 5) is 12.1. The van der Waals surface area contributed by atoms with Crippen molar-refractivity contribution in [1.82, 2.24) is 0 Å². The highest BCUT2D eigenvalue weighted by Gasteiger charge is 2.19. The second-order valence-corrected chi connectivity index (χ2v) is 8.33. The van der Waals surface area contributed by atoms with E-state index in [4.69, 9.17) is 14.3 Å². The molecule has 3 aromatic rings. The van der Waals surface area contributed by atoms with E-state index in [1.54, 1.807) is 0 Å². The Morgan fingerprint density at radius 2 is 1.86 bits per heavy atom. The predicted molar refractivity (Wildman–Crippen MR) is 118 cm³/mol. The zero-order chi connectivity index (χ0) is 20.6. The molecule has 0 fully saturated rings. The first kappa shape index (κ1) is 21.3. The zero-order valence-corrected chi connectivity index (χ0v) is 17.9. The van der Waals surface area contributed by atoms with Gasteiger partial charge in [0.15, 0.2) is 0 Å². The number of carbonyl (C=O) groups is 1. The summed E-state index contributed by atoms with van der Waals surface area (Å²) in [6.45, 7) is 3.97. The number of carboxylic acid groups (broad SMARTS) is 1. The summed E-state index contributed by atoms with van der Waals surface area (Å²) in [5.41, 5.74) is 4.05. The van der Waals surface area contributed by atoms with E-state index in [1.807, 2.05) is 24.8 Å². The van der Waals surface area contributed by atoms with Crippen molar-refractivity contribution in [2.45, 2.75) is 57.3 Å². The molecule has 0 amide bonds. The van der Waals surface area contributed by atoms with Crippen LogP contribution in [0, 0.1) is 6.92 Å². The SMILES string of the molecule is CCCc1c(SCCCCCc2ccccc2)ccc2c(C)c(OC(=O)O)oc12. The lowest BCUT2D eigenvalue weighted by Crippen LogP contribution is -2.02. The smallest absolute Gasteiger partial charge is 0.449 e. The Bertz CT molecular complexity index is 946. The molecule has 0 bridgehead atoms. The first-order valence-corrected chi connectivity index (χ1v) is 11.2. The standard InChI is InChI=1S/C24H28O4S/c1-3-10-20-21(29-16-9-5-8-13-18-11-6-4-7-12-18)15-14-19-17(2)23(27-22(19)20)28-24(25)26/h4,6-7,11-12,14-15H,3,5,8-10,13,16H2,1-2H3,(H,25,26). The first-order valence-electron chi connectivity index (χ1n) is 10.2. The normalized spacial score (nSPS) is 11.1. The minimum absolute atomic E-state index is 0.0768. The molecular weight excluding hydrogens is 384 g/mol. The average Bonchev–Trinajstić information content (AvgIpc) is 3.02. The number of hydrogen-bond donors (Lipinski definition) is 1. The minimum atomic E-state index is -1.35. The number of rotatable bonds is 10. The highest BCUT2D eigenvalue weighted by Crippen LogP contribution is 2.38. The van der Waals surface area contributed by atoms with E-state index in [1.165, 1.54) is 29.7 Å². The van der Waals surface area contributed by atoms with Crippen molar-refractivity contribution in [3.05, 3.63) is 59.2 Å². The van der Waals surface area contributed by atoms with Gasteiger partial charge >= 0.3 is 6.16 Å². The Morgan fingerprint density at radius 3 is 2.59 bits per heavy atom. The molecule has 0 unspecified atom stereocenters. The van der Waals surface area contributed by atoms with Crippen LogP contribution in [0.15, 0.2) is 51.8 Å². The fourth-order valence-electron chi connectivity index (χ4n) is 3.53. The summed E-state index contributed by atoms with van der Waals surface area (Å²) in [6, 6.07) is 14.8. The Labute approximate surface area is 176 Å². The van der Waals surface area contributed by atoms with Gasteiger partial charge < -0.3 is 14.3 Å². The Hall–Kier alpha value is -2.40. The molecule has 0 spiro atoms. The number of aryl methyl sites for hydroxylation is 3. The Morgan fingerprint density at radius 1 is 1.07 bits per heavy atom. The summed E-state index contributed by atoms with van der Waals surface area (Å²) in [7, 11) is 0. The molecule has 0 radical (unpaired) electrons. The maximum atomic E-state index is 10.9. The molecular formula is C24H28O4S. The maximum Gasteiger partial charge on any atom is 0.513 e. The van der Waals surface area contributed by atoms with E-state index >= 15 is 0 Å². The average molecular weight is 413 g/mol. The van der Waals surface area contributed by atoms with Gasteiger partial charge in [0.1, 0.15) is 5.58 Å². The lowest BCUT2D eigenvalue weighted by Gasteiger charge is -2.09. The van der Waals surface area contributed by atoms with E-state index in [-0.39, 0.29) is 5.95 Å². The molecule has 0 saturated carbocycles. The molecule has 0 saturated heterocycles. The number of thioether (sulfide) groups is 1. The number of unbranched alkanes of at least 4 members (excludes halogenated alkanes) is 2. The lowest BCUT2D eigenvalue weighted by molar-refractivity contribution is 0.133. The third-order valence-electron chi connectivity index (χ3n) is 5.01. The van der Waals surface area contributed by atoms with E-state index in [0.29, 0.717) is 0 Å². The van der Waals surface area contributed by atoms with Crippen molar-refractivity contribution < 1.29 is 19.1 Å². The van der Waals surface area contributed by atoms with Gasteiger partial charge in [-0.25, -0.2) is 4.79 Å². The molecule has 1 aromatic heterocycles. The van der Waals surface area contributed by atoms with Crippen LogP contribution in [0.3, 0.4) is 0 Å². The van der Waals surface area contributed by atoms with Crippen LogP contribution in [-0.4, -0.2) is 17.0 Å². The van der Waals surface area contributed by atoms with Crippen LogP contribution in [0.2, 0.25) is 0 Å². The molecule has 2 aromatic carbocycles. The molecule has 0 aliphatic heterocycles. The van der Waals surface area contributed by atoms with E-state index in [9.17, 15) is 4.79 Å². The summed E-state index contributed by atoms with van der Waals surface area (Å²) in [5, 5.41) is 9.84. The van der Waals surface area contributed by atoms with Gasteiger partial charge in [-0.05, 0) is 56.1 Å². The summed E-state index contributed by atoms with van der Waals surface area (Å²) < 4.78 is 10.6. The summed E-state index contributed by atoms with van der Waals surface area (Å²) >= 11 is 1.86. The summed E-state index contributed by atoms with van der Waals surface area (Å²) in [5.74, 6) is 1.14. The third-order valence-corrected chi connectivity index (χ3v) is 6.20. The summed E-state index contributed by atoms with van der Waals surface area (Å²) in [6.07, 6.45) is 5.27. The molecule has 3 rings (SSSR count). The molecule has 0 aliphatic carbocycles. The van der Waals surface area contributed by atoms with E-state index in [2.05, 4.69) is 43.3 Å². The Kier molecular flexibility index (Phi) is 7.64. The van der Waals surface area contributed by atoms with Crippen molar-refractivity contribution in [3.8, 4) is 5.95 Å². The molecule has 5 heteroatoms. The van der Waals surface area contributed by atoms with Crippen molar-refractivity contribution in [3.63, 3.8) is 0 Å². The second kappa shape index (κ2) is 10.4. The second-order valence-electron chi connectivity index (χ2n) is 7.20. The van der Waals surface area contributed by atoms with Crippen LogP contribution in [0.4, 0.5) is 4.79 Å². The number of ether oxygens (including phenoxy) is 1. The maximum absolute atomic E-state index is 10.9. The third kappa shape index (κ3) is 5.57. The van der Waals surface area contributed by atoms with Crippen LogP contribution in [-0.2, 0) is 12.8 Å². The highest BCUT2D eigenvalue weighted by molar-refractivity contribution is 7.99. The lowest BCUT2D eigenvalue weighted by atomic mass is 10.1. The Balaban J connectivity index is 1.62. The quantitative estimate of drug-likeness (QED) is 0.216. The van der Waals surface area contributed by atoms with Gasteiger partial charge in [-0.3, -0.25) is 0 Å². The van der Waals surface area contributed by atoms with Crippen molar-refractivity contribution >= 4 is 28.9 Å². The molecule has 4 nitrogen and oxygen atoms in total. The van der Waals surface area contributed by atoms with Crippen LogP contribution in [0.1, 0.15) is 49.3 Å². The van der Waals surface area contributed by atoms with Gasteiger partial charge in [0, 0.05) is 21.4 Å². The van der Waals surface area contributed by atoms with Gasteiger partial charge in [-0.2, -0.15) is 0 Å². The van der Waals surface area contributed by atoms with Crippen LogP contribution < -0.4 is 4.74 Å². The first-order chi connectivity index (χ1) is 14.1. The van der Waals surface area contributed by atoms with Crippen molar-refractivity contribution in [1.29, 1.82) is 0 Å². The topological polar surface area (TPSA) is 59.7 Å². The number of fused-ring (bicyclic) bond motifs is 1. The molecule has 0 atom stereocenters. The highest BCUT2D eigenvalue weighted by atomic mass is 32.2. The van der Waals surface area contributed by atoms with E-state index in [0.717, 1.165) is 47.1 Å². The predicted octanol–water partition coefficient (Wildman–Crippen LogP) is 7.26. The van der Waals surface area contributed by atoms with Gasteiger partial charge in [-0.15, -0.1) is 11.8 Å². The molecule has 154 valence electrons.